The van der Waals surface area contributed by atoms with E-state index in [-0.39, 0.29) is 0 Å². The molecule has 0 aliphatic heterocycles. The van der Waals surface area contributed by atoms with Crippen LogP contribution < -0.4 is 0 Å². The smallest absolute Gasteiger partial charge is 0.0257 e. The highest BCUT2D eigenvalue weighted by atomic mass is 14.0. The Morgan fingerprint density at radius 3 is 2.43 bits per heavy atom. The van der Waals surface area contributed by atoms with E-state index in [9.17, 15) is 0 Å². The Hall–Kier alpha value is -1.04. The van der Waals surface area contributed by atoms with E-state index in [0.29, 0.717) is 0 Å². The van der Waals surface area contributed by atoms with Gasteiger partial charge >= 0.3 is 0 Å². The van der Waals surface area contributed by atoms with E-state index in [1.165, 1.54) is 31.2 Å². The van der Waals surface area contributed by atoms with Gasteiger partial charge in [-0.3, -0.25) is 0 Å². The lowest BCUT2D eigenvalue weighted by molar-refractivity contribution is 0.770. The van der Waals surface area contributed by atoms with Gasteiger partial charge in [0.15, 0.2) is 0 Å². The van der Waals surface area contributed by atoms with E-state index in [0.717, 1.165) is 0 Å². The van der Waals surface area contributed by atoms with Crippen LogP contribution in [0.2, 0.25) is 0 Å². The van der Waals surface area contributed by atoms with Gasteiger partial charge in [-0.25, -0.2) is 0 Å². The van der Waals surface area contributed by atoms with Crippen LogP contribution in [0.5, 0.6) is 0 Å². The predicted octanol–water partition coefficient (Wildman–Crippen LogP) is 4.67. The summed E-state index contributed by atoms with van der Waals surface area (Å²) in [4.78, 5) is 0. The number of unbranched alkanes of at least 4 members (excludes halogenated alkanes) is 1. The Bertz CT molecular complexity index is 269. The summed E-state index contributed by atoms with van der Waals surface area (Å²) in [6, 6.07) is 10.6. The minimum atomic E-state index is 1.18. The Morgan fingerprint density at radius 1 is 1.14 bits per heavy atom. The average molecular weight is 188 g/mol. The lowest BCUT2D eigenvalue weighted by Gasteiger charge is -2.03. The number of rotatable bonds is 5. The second kappa shape index (κ2) is 6.42. The van der Waals surface area contributed by atoms with Crippen molar-refractivity contribution >= 4 is 6.08 Å². The molecule has 0 heteroatoms. The van der Waals surface area contributed by atoms with Gasteiger partial charge in [-0.15, -0.1) is 0 Å². The minimum absolute atomic E-state index is 1.18. The van der Waals surface area contributed by atoms with Crippen molar-refractivity contribution in [3.63, 3.8) is 0 Å². The van der Waals surface area contributed by atoms with E-state index in [1.54, 1.807) is 5.57 Å². The van der Waals surface area contributed by atoms with Gasteiger partial charge in [0.1, 0.15) is 0 Å². The first-order valence-corrected chi connectivity index (χ1v) is 5.61. The molecular weight excluding hydrogens is 168 g/mol. The fourth-order valence-corrected chi connectivity index (χ4v) is 1.54. The van der Waals surface area contributed by atoms with Crippen molar-refractivity contribution in [2.45, 2.75) is 39.5 Å². The van der Waals surface area contributed by atoms with Crippen molar-refractivity contribution in [2.24, 2.45) is 0 Å². The Balaban J connectivity index is 2.64. The highest BCUT2D eigenvalue weighted by Gasteiger charge is 1.94. The predicted molar refractivity (Wildman–Crippen MR) is 64.2 cm³/mol. The van der Waals surface area contributed by atoms with Gasteiger partial charge < -0.3 is 0 Å². The molecule has 0 aliphatic carbocycles. The largest absolute Gasteiger partial charge is 0.0699 e. The maximum absolute atomic E-state index is 2.33. The molecule has 0 atom stereocenters. The quantitative estimate of drug-likeness (QED) is 0.630. The second-order valence-corrected chi connectivity index (χ2v) is 3.67. The van der Waals surface area contributed by atoms with Gasteiger partial charge in [-0.05, 0) is 24.8 Å². The Morgan fingerprint density at radius 2 is 1.86 bits per heavy atom. The van der Waals surface area contributed by atoms with Crippen LogP contribution in [0.3, 0.4) is 0 Å². The molecule has 76 valence electrons. The summed E-state index contributed by atoms with van der Waals surface area (Å²) >= 11 is 0. The van der Waals surface area contributed by atoms with Crippen LogP contribution in [0.4, 0.5) is 0 Å². The summed E-state index contributed by atoms with van der Waals surface area (Å²) in [5, 5.41) is 0. The average Bonchev–Trinajstić information content (AvgIpc) is 2.25. The van der Waals surface area contributed by atoms with E-state index in [2.05, 4.69) is 50.3 Å². The first kappa shape index (κ1) is 11.0. The molecule has 0 unspecified atom stereocenters. The van der Waals surface area contributed by atoms with E-state index >= 15 is 0 Å². The molecule has 0 fully saturated rings. The molecule has 1 rings (SSSR count). The number of hydrogen-bond acceptors (Lipinski definition) is 0. The van der Waals surface area contributed by atoms with Crippen LogP contribution >= 0.6 is 0 Å². The zero-order valence-corrected chi connectivity index (χ0v) is 9.29. The lowest BCUT2D eigenvalue weighted by atomic mass is 10.0. The fourth-order valence-electron chi connectivity index (χ4n) is 1.54. The van der Waals surface area contributed by atoms with Gasteiger partial charge in [0.2, 0.25) is 0 Å². The molecule has 0 saturated heterocycles. The van der Waals surface area contributed by atoms with Gasteiger partial charge in [0.25, 0.3) is 0 Å². The zero-order valence-electron chi connectivity index (χ0n) is 9.29. The van der Waals surface area contributed by atoms with Crippen LogP contribution in [0.1, 0.15) is 45.1 Å². The molecule has 1 aromatic carbocycles. The molecule has 0 N–H and O–H groups in total. The van der Waals surface area contributed by atoms with Gasteiger partial charge in [-0.1, -0.05) is 62.2 Å². The summed E-state index contributed by atoms with van der Waals surface area (Å²) in [6.07, 6.45) is 7.35. The summed E-state index contributed by atoms with van der Waals surface area (Å²) in [5.74, 6) is 0. The van der Waals surface area contributed by atoms with Crippen molar-refractivity contribution in [1.29, 1.82) is 0 Å². The monoisotopic (exact) mass is 188 g/mol. The topological polar surface area (TPSA) is 0 Å². The molecule has 14 heavy (non-hydrogen) atoms. The maximum Gasteiger partial charge on any atom is -0.0257 e. The molecule has 0 aliphatic rings. The molecule has 0 nitrogen and oxygen atoms in total. The Kier molecular flexibility index (Phi) is 5.06. The third kappa shape index (κ3) is 3.78. The molecule has 0 bridgehead atoms. The summed E-state index contributed by atoms with van der Waals surface area (Å²) in [5.41, 5.74) is 2.90. The summed E-state index contributed by atoms with van der Waals surface area (Å²) in [6.45, 7) is 4.49. The Labute approximate surface area is 87.7 Å². The molecule has 1 aromatic rings. The van der Waals surface area contributed by atoms with Crippen molar-refractivity contribution < 1.29 is 0 Å². The summed E-state index contributed by atoms with van der Waals surface area (Å²) in [7, 11) is 0. The third-order valence-corrected chi connectivity index (χ3v) is 2.48. The van der Waals surface area contributed by atoms with Crippen LogP contribution in [0, 0.1) is 0 Å². The highest BCUT2D eigenvalue weighted by Crippen LogP contribution is 2.15. The number of allylic oxidation sites excluding steroid dienone is 1. The van der Waals surface area contributed by atoms with Crippen molar-refractivity contribution in [1.82, 2.24) is 0 Å². The number of hydrogen-bond donors (Lipinski definition) is 0. The summed E-state index contributed by atoms with van der Waals surface area (Å²) < 4.78 is 0. The molecule has 0 radical (unpaired) electrons. The van der Waals surface area contributed by atoms with Crippen molar-refractivity contribution in [2.75, 3.05) is 0 Å². The molecule has 0 saturated carbocycles. The second-order valence-electron chi connectivity index (χ2n) is 3.67. The minimum Gasteiger partial charge on any atom is -0.0699 e. The van der Waals surface area contributed by atoms with Crippen LogP contribution in [0.25, 0.3) is 6.08 Å². The number of benzene rings is 1. The SMILES string of the molecule is CCCC/C(=C\c1ccccc1)CC. The van der Waals surface area contributed by atoms with Gasteiger partial charge in [0, 0.05) is 0 Å². The van der Waals surface area contributed by atoms with E-state index < -0.39 is 0 Å². The van der Waals surface area contributed by atoms with Gasteiger partial charge in [-0.2, -0.15) is 0 Å². The standard InChI is InChI=1S/C14H20/c1-3-5-9-13(4-2)12-14-10-7-6-8-11-14/h6-8,10-12H,3-5,9H2,1-2H3/b13-12-. The van der Waals surface area contributed by atoms with Gasteiger partial charge in [0.05, 0.1) is 0 Å². The van der Waals surface area contributed by atoms with Crippen LogP contribution in [0.15, 0.2) is 35.9 Å². The fraction of sp³-hybridized carbons (Fsp3) is 0.429. The maximum atomic E-state index is 2.33. The molecule has 0 spiro atoms. The van der Waals surface area contributed by atoms with Crippen LogP contribution in [-0.2, 0) is 0 Å². The van der Waals surface area contributed by atoms with Crippen LogP contribution in [-0.4, -0.2) is 0 Å². The first-order chi connectivity index (χ1) is 6.86. The lowest BCUT2D eigenvalue weighted by Crippen LogP contribution is -1.82. The van der Waals surface area contributed by atoms with E-state index in [1.807, 2.05) is 0 Å². The third-order valence-electron chi connectivity index (χ3n) is 2.48. The molecular formula is C14H20. The van der Waals surface area contributed by atoms with Crippen molar-refractivity contribution in [3.05, 3.63) is 41.5 Å². The van der Waals surface area contributed by atoms with E-state index in [4.69, 9.17) is 0 Å². The molecule has 0 amide bonds. The first-order valence-electron chi connectivity index (χ1n) is 5.61. The highest BCUT2D eigenvalue weighted by molar-refractivity contribution is 5.52. The normalized spacial score (nSPS) is 11.7. The van der Waals surface area contributed by atoms with Crippen molar-refractivity contribution in [3.8, 4) is 0 Å². The molecule has 0 heterocycles. The molecule has 0 aromatic heterocycles. The zero-order chi connectivity index (χ0) is 10.2.